The van der Waals surface area contributed by atoms with Crippen LogP contribution in [0.3, 0.4) is 0 Å². The van der Waals surface area contributed by atoms with Crippen molar-refractivity contribution in [1.29, 1.82) is 0 Å². The van der Waals surface area contributed by atoms with Crippen LogP contribution in [0.4, 0.5) is 0 Å². The first kappa shape index (κ1) is 15.7. The van der Waals surface area contributed by atoms with Crippen molar-refractivity contribution in [2.24, 2.45) is 5.92 Å². The summed E-state index contributed by atoms with van der Waals surface area (Å²) in [5.74, 6) is 0.638. The maximum Gasteiger partial charge on any atom is 0.236 e. The van der Waals surface area contributed by atoms with E-state index in [0.717, 1.165) is 12.0 Å². The summed E-state index contributed by atoms with van der Waals surface area (Å²) in [7, 11) is 0.667. The van der Waals surface area contributed by atoms with Gasteiger partial charge in [0.25, 0.3) is 0 Å². The lowest BCUT2D eigenvalue weighted by atomic mass is 9.98. The monoisotopic (exact) mass is 320 g/mol. The number of hydrogen-bond donors (Lipinski definition) is 1. The first-order chi connectivity index (χ1) is 10.5. The Hall–Kier alpha value is -1.17. The van der Waals surface area contributed by atoms with E-state index in [-0.39, 0.29) is 0 Å². The molecule has 2 aliphatic carbocycles. The molecule has 1 N–H and O–H groups in total. The molecule has 0 radical (unpaired) electrons. The van der Waals surface area contributed by atoms with Gasteiger partial charge in [-0.3, -0.25) is 0 Å². The van der Waals surface area contributed by atoms with E-state index >= 15 is 0 Å². The highest BCUT2D eigenvalue weighted by Crippen LogP contribution is 2.34. The quantitative estimate of drug-likeness (QED) is 0.874. The molecule has 4 nitrogen and oxygen atoms in total. The summed E-state index contributed by atoms with van der Waals surface area (Å²) < 4.78 is 28.0. The smallest absolute Gasteiger partial charge is 0.236 e. The highest BCUT2D eigenvalue weighted by atomic mass is 32.2. The summed E-state index contributed by atoms with van der Waals surface area (Å²) in [6, 6.07) is 8.30. The second-order valence-electron chi connectivity index (χ2n) is 6.53. The molecular formula is C17H24N2O2S. The van der Waals surface area contributed by atoms with Crippen molar-refractivity contribution in [3.05, 3.63) is 40.3 Å². The van der Waals surface area contributed by atoms with Crippen LogP contribution in [-0.4, -0.2) is 40.0 Å². The second kappa shape index (κ2) is 6.14. The van der Waals surface area contributed by atoms with Crippen molar-refractivity contribution in [3.63, 3.8) is 0 Å². The number of aryl methyl sites for hydroxylation is 1. The Kier molecular flexibility index (Phi) is 4.39. The van der Waals surface area contributed by atoms with Gasteiger partial charge in [-0.15, -0.1) is 0 Å². The van der Waals surface area contributed by atoms with E-state index in [9.17, 15) is 8.42 Å². The summed E-state index contributed by atoms with van der Waals surface area (Å²) in [6.45, 7) is 0.499. The number of fused-ring (bicyclic) bond motifs is 1. The lowest BCUT2D eigenvalue weighted by Crippen LogP contribution is -2.42. The second-order valence-corrected chi connectivity index (χ2v) is 8.35. The molecule has 1 atom stereocenters. The van der Waals surface area contributed by atoms with Crippen LogP contribution in [-0.2, 0) is 16.4 Å². The molecule has 0 aliphatic heterocycles. The molecule has 0 heterocycles. The maximum absolute atomic E-state index is 12.6. The highest BCUT2D eigenvalue weighted by Gasteiger charge is 2.33. The van der Waals surface area contributed by atoms with E-state index in [2.05, 4.69) is 15.7 Å². The fourth-order valence-electron chi connectivity index (χ4n) is 3.16. The Labute approximate surface area is 133 Å². The third-order valence-corrected chi connectivity index (χ3v) is 6.23. The van der Waals surface area contributed by atoms with Gasteiger partial charge in [-0.1, -0.05) is 24.3 Å². The van der Waals surface area contributed by atoms with Crippen LogP contribution in [0, 0.1) is 5.92 Å². The number of hydrogen-bond acceptors (Lipinski definition) is 3. The molecule has 0 unspecified atom stereocenters. The lowest BCUT2D eigenvalue weighted by molar-refractivity contribution is 0.265. The van der Waals surface area contributed by atoms with Crippen molar-refractivity contribution in [1.82, 2.24) is 9.62 Å². The van der Waals surface area contributed by atoms with Crippen LogP contribution in [0.15, 0.2) is 29.2 Å². The van der Waals surface area contributed by atoms with Gasteiger partial charge in [0, 0.05) is 12.6 Å². The molecule has 0 spiro atoms. The molecular weight excluding hydrogens is 296 g/mol. The Morgan fingerprint density at radius 1 is 1.23 bits per heavy atom. The normalized spacial score (nSPS) is 19.7. The summed E-state index contributed by atoms with van der Waals surface area (Å²) in [6.07, 6.45) is 5.62. The van der Waals surface area contributed by atoms with E-state index in [1.165, 1.54) is 18.4 Å². The fraction of sp³-hybridized carbons (Fsp3) is 0.529. The van der Waals surface area contributed by atoms with Crippen LogP contribution in [0.5, 0.6) is 0 Å². The molecule has 1 fully saturated rings. The first-order valence-electron chi connectivity index (χ1n) is 7.92. The Bertz CT molecular complexity index is 674. The zero-order chi connectivity index (χ0) is 15.7. The van der Waals surface area contributed by atoms with Gasteiger partial charge in [0.15, 0.2) is 0 Å². The lowest BCUT2D eigenvalue weighted by Gasteiger charge is -2.25. The van der Waals surface area contributed by atoms with Crippen molar-refractivity contribution in [3.8, 4) is 0 Å². The van der Waals surface area contributed by atoms with Gasteiger partial charge in [0.05, 0.1) is 4.91 Å². The topological polar surface area (TPSA) is 49.4 Å². The summed E-state index contributed by atoms with van der Waals surface area (Å²) in [4.78, 5) is 2.64. The zero-order valence-corrected chi connectivity index (χ0v) is 14.1. The predicted molar refractivity (Wildman–Crippen MR) is 89.9 cm³/mol. The number of nitrogens with one attached hydrogen (secondary N) is 1. The van der Waals surface area contributed by atoms with Crippen LogP contribution in [0.2, 0.25) is 0 Å². The zero-order valence-electron chi connectivity index (χ0n) is 13.2. The number of rotatable bonds is 6. The van der Waals surface area contributed by atoms with Gasteiger partial charge in [-0.05, 0) is 62.9 Å². The molecule has 120 valence electrons. The molecule has 1 aromatic rings. The fourth-order valence-corrected chi connectivity index (χ4v) is 4.39. The van der Waals surface area contributed by atoms with Crippen LogP contribution in [0.1, 0.15) is 30.4 Å². The first-order valence-corrected chi connectivity index (χ1v) is 9.40. The molecule has 0 aromatic heterocycles. The van der Waals surface area contributed by atoms with E-state index < -0.39 is 10.0 Å². The minimum Gasteiger partial charge on any atom is -0.305 e. The van der Waals surface area contributed by atoms with Gasteiger partial charge in [-0.25, -0.2) is 13.1 Å². The van der Waals surface area contributed by atoms with Crippen LogP contribution < -0.4 is 4.72 Å². The molecule has 0 saturated heterocycles. The van der Waals surface area contributed by atoms with Gasteiger partial charge in [-0.2, -0.15) is 0 Å². The number of allylic oxidation sites excluding steroid dienone is 1. The van der Waals surface area contributed by atoms with Crippen LogP contribution >= 0.6 is 0 Å². The molecule has 22 heavy (non-hydrogen) atoms. The number of likely N-dealkylation sites (N-methyl/N-ethyl adjacent to an activating group) is 1. The van der Waals surface area contributed by atoms with E-state index in [4.69, 9.17) is 0 Å². The third kappa shape index (κ3) is 3.42. The standard InChI is InChI=1S/C17H24N2O2S/c1-19(2)17(14-7-8-14)12-18-22(20,21)16-10-9-13-5-3-4-6-15(13)11-16/h3-6,11,14,17-18H,7-10,12H2,1-2H3/t17-/m0/s1. The minimum absolute atomic E-state index is 0.297. The number of sulfonamides is 1. The van der Waals surface area contributed by atoms with Gasteiger partial charge < -0.3 is 4.90 Å². The molecule has 0 bridgehead atoms. The summed E-state index contributed by atoms with van der Waals surface area (Å²) >= 11 is 0. The predicted octanol–water partition coefficient (Wildman–Crippen LogP) is 2.23. The van der Waals surface area contributed by atoms with E-state index in [0.29, 0.717) is 29.8 Å². The largest absolute Gasteiger partial charge is 0.305 e. The maximum atomic E-state index is 12.6. The highest BCUT2D eigenvalue weighted by molar-refractivity contribution is 7.93. The number of nitrogens with zero attached hydrogens (tertiary/aromatic N) is 1. The van der Waals surface area contributed by atoms with Crippen molar-refractivity contribution >= 4 is 16.1 Å². The van der Waals surface area contributed by atoms with Gasteiger partial charge >= 0.3 is 0 Å². The molecule has 3 rings (SSSR count). The molecule has 1 saturated carbocycles. The summed E-state index contributed by atoms with van der Waals surface area (Å²) in [5.41, 5.74) is 2.26. The molecule has 0 amide bonds. The molecule has 2 aliphatic rings. The molecule has 5 heteroatoms. The van der Waals surface area contributed by atoms with Gasteiger partial charge in [0.2, 0.25) is 10.0 Å². The minimum atomic E-state index is -3.38. The average Bonchev–Trinajstić information content (AvgIpc) is 3.31. The van der Waals surface area contributed by atoms with E-state index in [1.807, 2.05) is 38.4 Å². The Morgan fingerprint density at radius 2 is 1.95 bits per heavy atom. The number of benzene rings is 1. The van der Waals surface area contributed by atoms with Gasteiger partial charge in [0.1, 0.15) is 0 Å². The van der Waals surface area contributed by atoms with Crippen LogP contribution in [0.25, 0.3) is 6.08 Å². The Morgan fingerprint density at radius 3 is 2.64 bits per heavy atom. The van der Waals surface area contributed by atoms with E-state index in [1.54, 1.807) is 0 Å². The van der Waals surface area contributed by atoms with Crippen molar-refractivity contribution in [2.45, 2.75) is 31.7 Å². The molecule has 1 aromatic carbocycles. The third-order valence-electron chi connectivity index (χ3n) is 4.67. The van der Waals surface area contributed by atoms with Crippen molar-refractivity contribution in [2.75, 3.05) is 20.6 Å². The SMILES string of the molecule is CN(C)[C@@H](CNS(=O)(=O)C1=Cc2ccccc2CC1)C1CC1. The van der Waals surface area contributed by atoms with Crippen molar-refractivity contribution < 1.29 is 8.42 Å². The Balaban J connectivity index is 1.72. The summed E-state index contributed by atoms with van der Waals surface area (Å²) in [5, 5.41) is 0. The average molecular weight is 320 g/mol.